The summed E-state index contributed by atoms with van der Waals surface area (Å²) in [5, 5.41) is 0. The van der Waals surface area contributed by atoms with Crippen LogP contribution < -0.4 is 0 Å². The average molecular weight is 363 g/mol. The number of Topliss-reactive ketones (excluding diaryl/α,β-unsaturated/α-hetero) is 1. The van der Waals surface area contributed by atoms with Crippen molar-refractivity contribution < 1.29 is 4.79 Å². The fraction of sp³-hybridized carbons (Fsp3) is 0.462. The summed E-state index contributed by atoms with van der Waals surface area (Å²) in [5.41, 5.74) is 1.32. The van der Waals surface area contributed by atoms with Crippen LogP contribution in [0, 0.1) is 0 Å². The first-order chi connectivity index (χ1) is 7.75. The van der Waals surface area contributed by atoms with Crippen molar-refractivity contribution in [3.05, 3.63) is 35.9 Å². The smallest absolute Gasteiger partial charge is 0.147 e. The number of benzene rings is 1. The molecule has 2 nitrogen and oxygen atoms in total. The maximum absolute atomic E-state index is 11.5. The number of hydrogen-bond donors (Lipinski definition) is 0. The molecule has 1 fully saturated rings. The second-order valence-electron chi connectivity index (χ2n) is 4.23. The third-order valence-corrected chi connectivity index (χ3v) is 3.94. The molecule has 1 aliphatic rings. The van der Waals surface area contributed by atoms with Gasteiger partial charge in [0.2, 0.25) is 0 Å². The van der Waals surface area contributed by atoms with Gasteiger partial charge in [-0.3, -0.25) is 9.69 Å². The van der Waals surface area contributed by atoms with Gasteiger partial charge in [-0.05, 0) is 18.5 Å². The quantitative estimate of drug-likeness (QED) is 0.753. The van der Waals surface area contributed by atoms with Crippen LogP contribution in [0.1, 0.15) is 18.4 Å². The molecule has 0 saturated carbocycles. The van der Waals surface area contributed by atoms with E-state index in [9.17, 15) is 4.79 Å². The number of alkyl halides is 1. The van der Waals surface area contributed by atoms with Crippen molar-refractivity contribution in [2.75, 3.05) is 13.1 Å². The van der Waals surface area contributed by atoms with Gasteiger partial charge in [-0.1, -0.05) is 46.3 Å². The molecule has 1 aromatic carbocycles. The van der Waals surface area contributed by atoms with Crippen LogP contribution in [0.25, 0.3) is 0 Å². The lowest BCUT2D eigenvalue weighted by molar-refractivity contribution is -0.118. The van der Waals surface area contributed by atoms with Gasteiger partial charge in [0.25, 0.3) is 0 Å². The number of carbonyl (C=O) groups excluding carboxylic acids is 1. The molecule has 0 aliphatic carbocycles. The van der Waals surface area contributed by atoms with E-state index in [2.05, 4.69) is 45.1 Å². The topological polar surface area (TPSA) is 20.3 Å². The number of carbonyl (C=O) groups is 1. The Morgan fingerprint density at radius 2 is 1.94 bits per heavy atom. The minimum Gasteiger partial charge on any atom is -0.299 e. The largest absolute Gasteiger partial charge is 0.299 e. The van der Waals surface area contributed by atoms with Crippen LogP contribution in [0.4, 0.5) is 0 Å². The first-order valence-electron chi connectivity index (χ1n) is 5.69. The fourth-order valence-corrected chi connectivity index (χ4v) is 2.43. The molecular weight excluding hydrogens is 346 g/mol. The van der Waals surface area contributed by atoms with Crippen molar-refractivity contribution in [1.82, 2.24) is 4.90 Å². The Labute approximate surface area is 121 Å². The molecule has 1 heterocycles. The number of nitrogens with zero attached hydrogens (tertiary/aromatic N) is 1. The molecule has 0 spiro atoms. The zero-order valence-corrected chi connectivity index (χ0v) is 12.9. The van der Waals surface area contributed by atoms with Crippen molar-refractivity contribution in [2.45, 2.75) is 24.2 Å². The molecule has 0 aromatic heterocycles. The lowest BCUT2D eigenvalue weighted by Crippen LogP contribution is -2.24. The van der Waals surface area contributed by atoms with E-state index in [4.69, 9.17) is 0 Å². The minimum absolute atomic E-state index is 0. The van der Waals surface area contributed by atoms with Crippen LogP contribution in [0.5, 0.6) is 0 Å². The predicted octanol–water partition coefficient (Wildman–Crippen LogP) is 3.19. The van der Waals surface area contributed by atoms with Crippen LogP contribution in [-0.4, -0.2) is 28.6 Å². The molecule has 1 unspecified atom stereocenters. The summed E-state index contributed by atoms with van der Waals surface area (Å²) in [4.78, 5) is 14.0. The molecule has 0 bridgehead atoms. The van der Waals surface area contributed by atoms with Crippen molar-refractivity contribution in [2.24, 2.45) is 0 Å². The molecule has 2 rings (SSSR count). The summed E-state index contributed by atoms with van der Waals surface area (Å²) in [6, 6.07) is 10.4. The Balaban J connectivity index is 0.00000144. The first-order valence-corrected chi connectivity index (χ1v) is 6.60. The minimum atomic E-state index is 0. The van der Waals surface area contributed by atoms with Gasteiger partial charge in [-0.15, -0.1) is 17.0 Å². The normalized spacial score (nSPS) is 21.7. The molecule has 1 saturated heterocycles. The van der Waals surface area contributed by atoms with Gasteiger partial charge in [0.05, 0.1) is 4.83 Å². The third-order valence-electron chi connectivity index (χ3n) is 2.97. The van der Waals surface area contributed by atoms with Crippen LogP contribution in [0.15, 0.2) is 30.3 Å². The van der Waals surface area contributed by atoms with E-state index in [0.717, 1.165) is 26.1 Å². The van der Waals surface area contributed by atoms with Gasteiger partial charge < -0.3 is 0 Å². The van der Waals surface area contributed by atoms with Gasteiger partial charge in [0.1, 0.15) is 5.78 Å². The molecule has 1 aliphatic heterocycles. The van der Waals surface area contributed by atoms with Crippen LogP contribution in [0.2, 0.25) is 0 Å². The van der Waals surface area contributed by atoms with Crippen LogP contribution in [0.3, 0.4) is 0 Å². The number of rotatable bonds is 2. The van der Waals surface area contributed by atoms with E-state index < -0.39 is 0 Å². The highest BCUT2D eigenvalue weighted by Crippen LogP contribution is 2.16. The SMILES string of the molecule is Br.O=C1CCN(Cc2ccccc2)CCC1Br. The van der Waals surface area contributed by atoms with E-state index in [1.165, 1.54) is 5.56 Å². The van der Waals surface area contributed by atoms with Crippen LogP contribution in [-0.2, 0) is 11.3 Å². The summed E-state index contributed by atoms with van der Waals surface area (Å²) in [6.07, 6.45) is 1.59. The zero-order valence-electron chi connectivity index (χ0n) is 9.64. The van der Waals surface area contributed by atoms with E-state index in [0.29, 0.717) is 12.2 Å². The van der Waals surface area contributed by atoms with Crippen LogP contribution >= 0.6 is 32.9 Å². The molecule has 17 heavy (non-hydrogen) atoms. The second-order valence-corrected chi connectivity index (χ2v) is 5.34. The Hall–Kier alpha value is -0.190. The molecule has 4 heteroatoms. The molecule has 1 atom stereocenters. The number of halogens is 2. The number of ketones is 1. The summed E-state index contributed by atoms with van der Waals surface area (Å²) >= 11 is 3.44. The van der Waals surface area contributed by atoms with Gasteiger partial charge in [-0.25, -0.2) is 0 Å². The highest BCUT2D eigenvalue weighted by molar-refractivity contribution is 9.10. The van der Waals surface area contributed by atoms with Gasteiger partial charge >= 0.3 is 0 Å². The maximum atomic E-state index is 11.5. The summed E-state index contributed by atoms with van der Waals surface area (Å²) in [7, 11) is 0. The molecular formula is C13H17Br2NO. The molecule has 0 amide bonds. The Morgan fingerprint density at radius 1 is 1.24 bits per heavy atom. The molecule has 0 N–H and O–H groups in total. The predicted molar refractivity (Wildman–Crippen MR) is 79.0 cm³/mol. The van der Waals surface area contributed by atoms with Crippen molar-refractivity contribution in [3.8, 4) is 0 Å². The second kappa shape index (κ2) is 7.29. The number of likely N-dealkylation sites (tertiary alicyclic amines) is 1. The van der Waals surface area contributed by atoms with E-state index >= 15 is 0 Å². The standard InChI is InChI=1S/C13H16BrNO.BrH/c14-12-6-8-15(9-7-13(12)16)10-11-4-2-1-3-5-11;/h1-5,12H,6-10H2;1H. The van der Waals surface area contributed by atoms with E-state index in [-0.39, 0.29) is 21.8 Å². The van der Waals surface area contributed by atoms with Gasteiger partial charge in [0, 0.05) is 19.5 Å². The maximum Gasteiger partial charge on any atom is 0.147 e. The van der Waals surface area contributed by atoms with Crippen molar-refractivity contribution in [3.63, 3.8) is 0 Å². The molecule has 0 radical (unpaired) electrons. The number of hydrogen-bond acceptors (Lipinski definition) is 2. The fourth-order valence-electron chi connectivity index (χ4n) is 1.99. The van der Waals surface area contributed by atoms with E-state index in [1.54, 1.807) is 0 Å². The van der Waals surface area contributed by atoms with Gasteiger partial charge in [-0.2, -0.15) is 0 Å². The molecule has 94 valence electrons. The average Bonchev–Trinajstić information content (AvgIpc) is 2.46. The highest BCUT2D eigenvalue weighted by atomic mass is 79.9. The van der Waals surface area contributed by atoms with Crippen molar-refractivity contribution >= 4 is 38.7 Å². The Bertz CT molecular complexity index is 356. The Kier molecular flexibility index (Phi) is 6.38. The monoisotopic (exact) mass is 361 g/mol. The third kappa shape index (κ3) is 4.53. The zero-order chi connectivity index (χ0) is 11.4. The summed E-state index contributed by atoms with van der Waals surface area (Å²) in [5.74, 6) is 0.343. The van der Waals surface area contributed by atoms with Gasteiger partial charge in [0.15, 0.2) is 0 Å². The van der Waals surface area contributed by atoms with E-state index in [1.807, 2.05) is 6.07 Å². The lowest BCUT2D eigenvalue weighted by Gasteiger charge is -2.19. The summed E-state index contributed by atoms with van der Waals surface area (Å²) in [6.45, 7) is 2.83. The first kappa shape index (κ1) is 14.9. The van der Waals surface area contributed by atoms with Crippen molar-refractivity contribution in [1.29, 1.82) is 0 Å². The summed E-state index contributed by atoms with van der Waals surface area (Å²) < 4.78 is 0. The highest BCUT2D eigenvalue weighted by Gasteiger charge is 2.21. The Morgan fingerprint density at radius 3 is 2.65 bits per heavy atom. The lowest BCUT2D eigenvalue weighted by atomic mass is 10.2. The molecule has 1 aromatic rings.